The van der Waals surface area contributed by atoms with Gasteiger partial charge in [0.05, 0.1) is 0 Å². The summed E-state index contributed by atoms with van der Waals surface area (Å²) in [6.45, 7) is 3.47. The molecule has 0 fully saturated rings. The van der Waals surface area contributed by atoms with Crippen molar-refractivity contribution in [2.24, 2.45) is 0 Å². The van der Waals surface area contributed by atoms with Crippen LogP contribution in [0.5, 0.6) is 5.75 Å². The van der Waals surface area contributed by atoms with Crippen LogP contribution in [0.25, 0.3) is 0 Å². The van der Waals surface area contributed by atoms with Crippen LogP contribution in [0.4, 0.5) is 0 Å². The molecule has 0 bridgehead atoms. The molecule has 0 aliphatic heterocycles. The number of rotatable bonds is 3. The molecular weight excluding hydrogens is 200 g/mol. The van der Waals surface area contributed by atoms with E-state index in [9.17, 15) is 9.00 Å². The van der Waals surface area contributed by atoms with Crippen molar-refractivity contribution in [3.8, 4) is 5.75 Å². The third kappa shape index (κ3) is 2.88. The first-order valence-electron chi connectivity index (χ1n) is 4.20. The smallest absolute Gasteiger partial charge is 0.422 e. The Morgan fingerprint density at radius 2 is 1.93 bits per heavy atom. The van der Waals surface area contributed by atoms with Gasteiger partial charge >= 0.3 is 22.9 Å². The summed E-state index contributed by atoms with van der Waals surface area (Å²) in [5.41, 5.74) is 1.09. The van der Waals surface area contributed by atoms with E-state index in [-0.39, 0.29) is 11.7 Å². The van der Waals surface area contributed by atoms with Crippen molar-refractivity contribution >= 4 is 17.6 Å². The number of aryl methyl sites for hydroxylation is 1. The zero-order chi connectivity index (χ0) is 10.6. The van der Waals surface area contributed by atoms with E-state index in [1.807, 2.05) is 19.1 Å². The number of carbonyl (C=O) groups excluding carboxylic acids is 1. The van der Waals surface area contributed by atoms with Gasteiger partial charge in [-0.05, 0) is 19.1 Å². The van der Waals surface area contributed by atoms with E-state index in [1.54, 1.807) is 12.1 Å². The number of ether oxygens (including phenoxy) is 1. The lowest BCUT2D eigenvalue weighted by Crippen LogP contribution is -2.21. The summed E-state index contributed by atoms with van der Waals surface area (Å²) in [4.78, 5) is 11.2. The molecule has 1 aromatic rings. The Bertz CT molecular complexity index is 332. The maximum Gasteiger partial charge on any atom is 0.474 e. The molecule has 0 spiro atoms. The van der Waals surface area contributed by atoms with Gasteiger partial charge in [-0.1, -0.05) is 17.7 Å². The first-order valence-corrected chi connectivity index (χ1v) is 5.01. The Hall–Kier alpha value is -1.29. The van der Waals surface area contributed by atoms with Gasteiger partial charge in [0.25, 0.3) is 0 Å². The van der Waals surface area contributed by atoms with Gasteiger partial charge < -0.3 is 4.74 Å². The molecule has 3 nitrogen and oxygen atoms in total. The molecule has 0 saturated carbocycles. The molecule has 14 heavy (non-hydrogen) atoms. The monoisotopic (exact) mass is 211 g/mol. The molecular formula is C10H11O3S+. The van der Waals surface area contributed by atoms with Crippen LogP contribution in [-0.2, 0) is 20.7 Å². The van der Waals surface area contributed by atoms with Crippen molar-refractivity contribution < 1.29 is 13.7 Å². The van der Waals surface area contributed by atoms with Crippen LogP contribution in [0.3, 0.4) is 0 Å². The molecule has 0 radical (unpaired) electrons. The predicted octanol–water partition coefficient (Wildman–Crippen LogP) is 1.72. The topological polar surface area (TPSA) is 43.4 Å². The maximum absolute atomic E-state index is 11.2. The minimum Gasteiger partial charge on any atom is -0.422 e. The molecule has 0 aliphatic rings. The Kier molecular flexibility index (Phi) is 3.71. The van der Waals surface area contributed by atoms with Crippen LogP contribution in [-0.4, -0.2) is 11.2 Å². The number of hydrogen-bond donors (Lipinski definition) is 0. The average molecular weight is 211 g/mol. The van der Waals surface area contributed by atoms with Crippen LogP contribution in [0, 0.1) is 6.92 Å². The van der Waals surface area contributed by atoms with Crippen molar-refractivity contribution in [2.45, 2.75) is 19.1 Å². The lowest BCUT2D eigenvalue weighted by atomic mass is 10.2. The maximum atomic E-state index is 11.2. The minimum atomic E-state index is -0.670. The van der Waals surface area contributed by atoms with E-state index in [0.717, 1.165) is 5.56 Å². The van der Waals surface area contributed by atoms with Gasteiger partial charge in [-0.15, -0.1) is 0 Å². The van der Waals surface area contributed by atoms with Crippen molar-refractivity contribution in [2.75, 3.05) is 0 Å². The van der Waals surface area contributed by atoms with Gasteiger partial charge in [-0.3, -0.25) is 0 Å². The van der Waals surface area contributed by atoms with Crippen molar-refractivity contribution in [3.63, 3.8) is 0 Å². The SMILES string of the molecule is Cc1ccc(OC(=O)C(C)[S+]=O)cc1. The molecule has 0 heterocycles. The van der Waals surface area contributed by atoms with Crippen LogP contribution in [0.1, 0.15) is 12.5 Å². The van der Waals surface area contributed by atoms with E-state index in [0.29, 0.717) is 5.75 Å². The molecule has 1 aromatic carbocycles. The molecule has 74 valence electrons. The first-order chi connectivity index (χ1) is 6.63. The fourth-order valence-electron chi connectivity index (χ4n) is 0.845. The highest BCUT2D eigenvalue weighted by Gasteiger charge is 2.27. The Balaban J connectivity index is 2.65. The molecule has 4 heteroatoms. The highest BCUT2D eigenvalue weighted by Crippen LogP contribution is 2.12. The van der Waals surface area contributed by atoms with E-state index >= 15 is 0 Å². The largest absolute Gasteiger partial charge is 0.474 e. The number of esters is 1. The zero-order valence-corrected chi connectivity index (χ0v) is 8.84. The second kappa shape index (κ2) is 4.81. The standard InChI is InChI=1S/C10H11O3S/c1-7-3-5-9(6-4-7)13-10(11)8(2)14-12/h3-6,8H,1-2H3/q+1. The molecule has 1 unspecified atom stereocenters. The number of benzene rings is 1. The Morgan fingerprint density at radius 1 is 1.36 bits per heavy atom. The van der Waals surface area contributed by atoms with Crippen molar-refractivity contribution in [1.29, 1.82) is 0 Å². The Labute approximate surface area is 86.6 Å². The van der Waals surface area contributed by atoms with E-state index < -0.39 is 11.2 Å². The fraction of sp³-hybridized carbons (Fsp3) is 0.300. The molecule has 0 aromatic heterocycles. The van der Waals surface area contributed by atoms with Crippen LogP contribution < -0.4 is 4.74 Å². The summed E-state index contributed by atoms with van der Waals surface area (Å²) in [6, 6.07) is 7.10. The van der Waals surface area contributed by atoms with E-state index in [4.69, 9.17) is 4.74 Å². The van der Waals surface area contributed by atoms with E-state index in [2.05, 4.69) is 0 Å². The van der Waals surface area contributed by atoms with Gasteiger partial charge in [0.15, 0.2) is 0 Å². The number of hydrogen-bond acceptors (Lipinski definition) is 3. The average Bonchev–Trinajstić information content (AvgIpc) is 2.20. The van der Waals surface area contributed by atoms with Crippen LogP contribution >= 0.6 is 0 Å². The quantitative estimate of drug-likeness (QED) is 0.434. The van der Waals surface area contributed by atoms with Crippen LogP contribution in [0.15, 0.2) is 24.3 Å². The summed E-state index contributed by atoms with van der Waals surface area (Å²) >= 11 is 0.231. The zero-order valence-electron chi connectivity index (χ0n) is 8.02. The highest BCUT2D eigenvalue weighted by molar-refractivity contribution is 7.67. The molecule has 0 amide bonds. The lowest BCUT2D eigenvalue weighted by Gasteiger charge is -2.01. The second-order valence-electron chi connectivity index (χ2n) is 2.97. The fourth-order valence-corrected chi connectivity index (χ4v) is 0.971. The third-order valence-corrected chi connectivity index (χ3v) is 2.20. The summed E-state index contributed by atoms with van der Waals surface area (Å²) in [5, 5.41) is -0.670. The third-order valence-electron chi connectivity index (χ3n) is 1.72. The summed E-state index contributed by atoms with van der Waals surface area (Å²) in [6.07, 6.45) is 0. The normalized spacial score (nSPS) is 11.9. The summed E-state index contributed by atoms with van der Waals surface area (Å²) in [7, 11) is 0. The van der Waals surface area contributed by atoms with Gasteiger partial charge in [-0.2, -0.15) is 0 Å². The lowest BCUT2D eigenvalue weighted by molar-refractivity contribution is -0.133. The highest BCUT2D eigenvalue weighted by atomic mass is 32.1. The van der Waals surface area contributed by atoms with Crippen molar-refractivity contribution in [3.05, 3.63) is 29.8 Å². The second-order valence-corrected chi connectivity index (χ2v) is 3.87. The van der Waals surface area contributed by atoms with E-state index in [1.165, 1.54) is 6.92 Å². The molecule has 0 aliphatic carbocycles. The van der Waals surface area contributed by atoms with Gasteiger partial charge in [0.1, 0.15) is 5.75 Å². The molecule has 0 N–H and O–H groups in total. The van der Waals surface area contributed by atoms with Gasteiger partial charge in [0, 0.05) is 11.1 Å². The Morgan fingerprint density at radius 3 is 2.43 bits per heavy atom. The minimum absolute atomic E-state index is 0.231. The summed E-state index contributed by atoms with van der Waals surface area (Å²) < 4.78 is 15.3. The predicted molar refractivity (Wildman–Crippen MR) is 54.3 cm³/mol. The van der Waals surface area contributed by atoms with Crippen molar-refractivity contribution in [1.82, 2.24) is 0 Å². The molecule has 0 saturated heterocycles. The number of carbonyl (C=O) groups is 1. The van der Waals surface area contributed by atoms with Crippen LogP contribution in [0.2, 0.25) is 0 Å². The summed E-state index contributed by atoms with van der Waals surface area (Å²) in [5.74, 6) is -0.0321. The first kappa shape index (κ1) is 10.8. The van der Waals surface area contributed by atoms with Gasteiger partial charge in [0.2, 0.25) is 0 Å². The van der Waals surface area contributed by atoms with Gasteiger partial charge in [-0.25, -0.2) is 4.79 Å². The molecule has 1 atom stereocenters. The molecule has 1 rings (SSSR count).